The number of pyridine rings is 1. The Labute approximate surface area is 143 Å². The molecule has 11 heteroatoms. The van der Waals surface area contributed by atoms with Gasteiger partial charge in [0.2, 0.25) is 0 Å². The third-order valence-corrected chi connectivity index (χ3v) is 4.35. The lowest BCUT2D eigenvalue weighted by Crippen LogP contribution is -2.46. The summed E-state index contributed by atoms with van der Waals surface area (Å²) in [6, 6.07) is 2.97. The first-order chi connectivity index (χ1) is 11.7. The minimum absolute atomic E-state index is 0.166. The average molecular weight is 372 g/mol. The summed E-state index contributed by atoms with van der Waals surface area (Å²) in [6.07, 6.45) is 2.67. The number of aliphatic hydroxyl groups excluding tert-OH is 2. The molecule has 0 spiro atoms. The molecule has 0 saturated carbocycles. The highest BCUT2D eigenvalue weighted by Gasteiger charge is 2.48. The van der Waals surface area contributed by atoms with Crippen molar-refractivity contribution < 1.29 is 42.8 Å². The standard InChI is InChI=1S/C14H17N2O8P/c1-2-6-22-25(20,21)23-8-10-11(17)12(18)14(24-10)16-5-3-4-9(7-16)13(15)19/h1,3-5,7,10-12,14,17-18H,6,8H2,(H2-,15,19,20,21)/t10-,11-,12-,14-/m1/s1. The Bertz CT molecular complexity index is 721. The molecule has 0 radical (unpaired) electrons. The molecule has 25 heavy (non-hydrogen) atoms. The fraction of sp³-hybridized carbons (Fsp3) is 0.429. The fourth-order valence-electron chi connectivity index (χ4n) is 2.23. The maximum absolute atomic E-state index is 11.4. The molecule has 10 nitrogen and oxygen atoms in total. The van der Waals surface area contributed by atoms with E-state index < -0.39 is 51.5 Å². The van der Waals surface area contributed by atoms with E-state index in [0.29, 0.717) is 0 Å². The zero-order chi connectivity index (χ0) is 18.6. The molecule has 4 N–H and O–H groups in total. The van der Waals surface area contributed by atoms with E-state index in [1.807, 2.05) is 5.92 Å². The molecule has 0 aliphatic carbocycles. The van der Waals surface area contributed by atoms with Crippen molar-refractivity contribution in [1.29, 1.82) is 0 Å². The van der Waals surface area contributed by atoms with Gasteiger partial charge in [0, 0.05) is 6.07 Å². The first-order valence-corrected chi connectivity index (χ1v) is 8.57. The van der Waals surface area contributed by atoms with Crippen molar-refractivity contribution >= 4 is 13.7 Å². The zero-order valence-electron chi connectivity index (χ0n) is 12.9. The van der Waals surface area contributed by atoms with Gasteiger partial charge in [0.1, 0.15) is 24.4 Å². The van der Waals surface area contributed by atoms with E-state index in [4.69, 9.17) is 16.9 Å². The van der Waals surface area contributed by atoms with Gasteiger partial charge in [0.25, 0.3) is 20.0 Å². The number of aliphatic hydroxyl groups is 2. The third-order valence-electron chi connectivity index (χ3n) is 3.44. The van der Waals surface area contributed by atoms with Crippen LogP contribution in [0.5, 0.6) is 0 Å². The lowest BCUT2D eigenvalue weighted by atomic mass is 10.1. The van der Waals surface area contributed by atoms with Gasteiger partial charge in [-0.3, -0.25) is 9.36 Å². The van der Waals surface area contributed by atoms with Gasteiger partial charge in [-0.15, -0.1) is 6.42 Å². The van der Waals surface area contributed by atoms with E-state index in [1.165, 1.54) is 29.1 Å². The van der Waals surface area contributed by atoms with Crippen LogP contribution in [0.1, 0.15) is 16.6 Å². The summed E-state index contributed by atoms with van der Waals surface area (Å²) < 4.78 is 27.1. The van der Waals surface area contributed by atoms with Gasteiger partial charge in [0.05, 0.1) is 6.61 Å². The first kappa shape index (κ1) is 19.5. The molecule has 1 amide bonds. The highest BCUT2D eigenvalue weighted by molar-refractivity contribution is 7.45. The van der Waals surface area contributed by atoms with Gasteiger partial charge in [-0.2, -0.15) is 4.57 Å². The number of terminal acetylenes is 1. The monoisotopic (exact) mass is 372 g/mol. The Morgan fingerprint density at radius 2 is 2.20 bits per heavy atom. The molecule has 1 aliphatic rings. The minimum Gasteiger partial charge on any atom is -0.756 e. The number of amides is 1. The Morgan fingerprint density at radius 1 is 1.48 bits per heavy atom. The molecular weight excluding hydrogens is 355 g/mol. The number of primary amides is 1. The van der Waals surface area contributed by atoms with Crippen molar-refractivity contribution in [3.8, 4) is 12.3 Å². The number of hydrogen-bond acceptors (Lipinski definition) is 8. The van der Waals surface area contributed by atoms with Crippen LogP contribution in [0.25, 0.3) is 0 Å². The molecule has 1 aliphatic heterocycles. The van der Waals surface area contributed by atoms with Crippen LogP contribution in [0.2, 0.25) is 0 Å². The van der Waals surface area contributed by atoms with Crippen molar-refractivity contribution in [1.82, 2.24) is 0 Å². The van der Waals surface area contributed by atoms with Gasteiger partial charge in [-0.1, -0.05) is 5.92 Å². The van der Waals surface area contributed by atoms with E-state index >= 15 is 0 Å². The lowest BCUT2D eigenvalue weighted by molar-refractivity contribution is -0.765. The maximum atomic E-state index is 11.4. The molecular formula is C14H17N2O8P. The van der Waals surface area contributed by atoms with E-state index in [9.17, 15) is 24.5 Å². The number of nitrogens with zero attached hydrogens (tertiary/aromatic N) is 1. The fourth-order valence-corrected chi connectivity index (χ4v) is 2.87. The van der Waals surface area contributed by atoms with Gasteiger partial charge in [-0.25, -0.2) is 0 Å². The molecule has 5 atom stereocenters. The van der Waals surface area contributed by atoms with Crippen LogP contribution in [0.4, 0.5) is 0 Å². The predicted molar refractivity (Wildman–Crippen MR) is 79.4 cm³/mol. The van der Waals surface area contributed by atoms with Gasteiger partial charge in [0.15, 0.2) is 18.5 Å². The number of phosphoric ester groups is 1. The van der Waals surface area contributed by atoms with Crippen LogP contribution in [0.3, 0.4) is 0 Å². The van der Waals surface area contributed by atoms with Gasteiger partial charge in [-0.05, 0) is 6.07 Å². The van der Waals surface area contributed by atoms with Gasteiger partial charge >= 0.3 is 0 Å². The maximum Gasteiger partial charge on any atom is 0.292 e. The zero-order valence-corrected chi connectivity index (χ0v) is 13.8. The topological polar surface area (TPSA) is 155 Å². The SMILES string of the molecule is C#CCOP(=O)([O-])OC[C@H]1O[C@@H]([n+]2cccc(C(N)=O)c2)[C@H](O)[C@@H]1O. The normalized spacial score (nSPS) is 28.2. The third kappa shape index (κ3) is 4.84. The summed E-state index contributed by atoms with van der Waals surface area (Å²) in [5.74, 6) is 1.29. The quantitative estimate of drug-likeness (QED) is 0.277. The predicted octanol–water partition coefficient (Wildman–Crippen LogP) is -2.17. The Morgan fingerprint density at radius 3 is 2.84 bits per heavy atom. The van der Waals surface area contributed by atoms with Crippen LogP contribution in [0.15, 0.2) is 24.5 Å². The molecule has 1 aromatic heterocycles. The summed E-state index contributed by atoms with van der Waals surface area (Å²) in [5.41, 5.74) is 5.35. The van der Waals surface area contributed by atoms with Crippen molar-refractivity contribution in [2.75, 3.05) is 13.2 Å². The average Bonchev–Trinajstić information content (AvgIpc) is 2.87. The molecule has 136 valence electrons. The Hall–Kier alpha value is -1.83. The second-order valence-electron chi connectivity index (χ2n) is 5.17. The molecule has 1 aromatic rings. The molecule has 0 bridgehead atoms. The van der Waals surface area contributed by atoms with Crippen LogP contribution in [-0.4, -0.2) is 47.6 Å². The summed E-state index contributed by atoms with van der Waals surface area (Å²) in [4.78, 5) is 22.7. The summed E-state index contributed by atoms with van der Waals surface area (Å²) >= 11 is 0. The smallest absolute Gasteiger partial charge is 0.292 e. The van der Waals surface area contributed by atoms with E-state index in [1.54, 1.807) is 0 Å². The molecule has 1 unspecified atom stereocenters. The number of rotatable bonds is 7. The van der Waals surface area contributed by atoms with Crippen LogP contribution >= 0.6 is 7.82 Å². The number of hydrogen-bond donors (Lipinski definition) is 3. The summed E-state index contributed by atoms with van der Waals surface area (Å²) in [5, 5.41) is 20.1. The molecule has 2 rings (SSSR count). The van der Waals surface area contributed by atoms with Gasteiger partial charge < -0.3 is 34.6 Å². The second kappa shape index (κ2) is 8.03. The van der Waals surface area contributed by atoms with E-state index in [0.717, 1.165) is 0 Å². The Balaban J connectivity index is 2.06. The van der Waals surface area contributed by atoms with Crippen molar-refractivity contribution in [3.63, 3.8) is 0 Å². The molecule has 2 heterocycles. The molecule has 1 saturated heterocycles. The van der Waals surface area contributed by atoms with Crippen molar-refractivity contribution in [2.45, 2.75) is 24.5 Å². The summed E-state index contributed by atoms with van der Waals surface area (Å²) in [6.45, 7) is -1.08. The number of carbonyl (C=O) groups is 1. The van der Waals surface area contributed by atoms with Crippen molar-refractivity contribution in [2.24, 2.45) is 5.73 Å². The number of aromatic nitrogens is 1. The number of ether oxygens (including phenoxy) is 1. The van der Waals surface area contributed by atoms with E-state index in [-0.39, 0.29) is 5.56 Å². The Kier molecular flexibility index (Phi) is 6.26. The number of carbonyl (C=O) groups excluding carboxylic acids is 1. The highest BCUT2D eigenvalue weighted by atomic mass is 31.2. The number of phosphoric acid groups is 1. The minimum atomic E-state index is -4.65. The van der Waals surface area contributed by atoms with Crippen LogP contribution in [-0.2, 0) is 18.3 Å². The highest BCUT2D eigenvalue weighted by Crippen LogP contribution is 2.39. The second-order valence-corrected chi connectivity index (χ2v) is 6.58. The first-order valence-electron chi connectivity index (χ1n) is 7.11. The largest absolute Gasteiger partial charge is 0.756 e. The molecule has 0 aromatic carbocycles. The molecule has 1 fully saturated rings. The van der Waals surface area contributed by atoms with E-state index in [2.05, 4.69) is 9.05 Å². The van der Waals surface area contributed by atoms with Crippen molar-refractivity contribution in [3.05, 3.63) is 30.1 Å². The number of nitrogens with two attached hydrogens (primary N) is 1. The lowest BCUT2D eigenvalue weighted by Gasteiger charge is -2.23. The summed E-state index contributed by atoms with van der Waals surface area (Å²) in [7, 11) is -4.65. The van der Waals surface area contributed by atoms with Crippen LogP contribution in [0, 0.1) is 12.3 Å². The van der Waals surface area contributed by atoms with Crippen LogP contribution < -0.4 is 15.2 Å².